The van der Waals surface area contributed by atoms with Gasteiger partial charge in [0.15, 0.2) is 0 Å². The van der Waals surface area contributed by atoms with Gasteiger partial charge in [-0.1, -0.05) is 24.3 Å². The first-order valence-electron chi connectivity index (χ1n) is 4.88. The molecule has 0 aliphatic heterocycles. The minimum atomic E-state index is -0.417. The van der Waals surface area contributed by atoms with Crippen LogP contribution in [0.4, 0.5) is 0 Å². The summed E-state index contributed by atoms with van der Waals surface area (Å²) < 4.78 is 0. The van der Waals surface area contributed by atoms with Crippen molar-refractivity contribution in [1.82, 2.24) is 9.97 Å². The molecule has 2 rings (SSSR count). The first-order chi connectivity index (χ1) is 7.69. The summed E-state index contributed by atoms with van der Waals surface area (Å²) in [5.41, 5.74) is 1.82. The maximum absolute atomic E-state index is 10.9. The zero-order chi connectivity index (χ0) is 11.5. The number of aromatic hydroxyl groups is 1. The number of rotatable bonds is 3. The highest BCUT2D eigenvalue weighted by atomic mass is 16.3. The van der Waals surface area contributed by atoms with Crippen molar-refractivity contribution in [2.75, 3.05) is 0 Å². The lowest BCUT2D eigenvalue weighted by Crippen LogP contribution is -2.01. The predicted molar refractivity (Wildman–Crippen MR) is 58.2 cm³/mol. The Kier molecular flexibility index (Phi) is 2.78. The van der Waals surface area contributed by atoms with E-state index in [1.54, 1.807) is 12.1 Å². The molecule has 16 heavy (non-hydrogen) atoms. The van der Waals surface area contributed by atoms with Gasteiger partial charge < -0.3 is 15.2 Å². The summed E-state index contributed by atoms with van der Waals surface area (Å²) in [4.78, 5) is 15.7. The first-order valence-corrected chi connectivity index (χ1v) is 4.88. The highest BCUT2D eigenvalue weighted by molar-refractivity contribution is 5.28. The zero-order valence-electron chi connectivity index (χ0n) is 8.53. The standard InChI is InChI=1S/C11H12N2O3/c14-6-8-3-1-7(2-4-8)5-9-10(15)13-11(16)12-9/h1-4,14-15H,5-6H2,(H2,12,13,16). The smallest absolute Gasteiger partial charge is 0.325 e. The lowest BCUT2D eigenvalue weighted by Gasteiger charge is -2.01. The second kappa shape index (κ2) is 4.24. The normalized spacial score (nSPS) is 10.6. The predicted octanol–water partition coefficient (Wildman–Crippen LogP) is 0.492. The van der Waals surface area contributed by atoms with Gasteiger partial charge in [-0.25, -0.2) is 4.79 Å². The van der Waals surface area contributed by atoms with Crippen LogP contribution in [0.2, 0.25) is 0 Å². The average Bonchev–Trinajstić information content (AvgIpc) is 2.59. The van der Waals surface area contributed by atoms with E-state index in [2.05, 4.69) is 9.97 Å². The molecule has 5 nitrogen and oxygen atoms in total. The van der Waals surface area contributed by atoms with E-state index in [1.165, 1.54) is 0 Å². The summed E-state index contributed by atoms with van der Waals surface area (Å²) in [6.45, 7) is 0.00647. The molecule has 0 bridgehead atoms. The number of aromatic nitrogens is 2. The number of aliphatic hydroxyl groups is 1. The quantitative estimate of drug-likeness (QED) is 0.607. The van der Waals surface area contributed by atoms with Crippen LogP contribution in [0.1, 0.15) is 16.8 Å². The van der Waals surface area contributed by atoms with Gasteiger partial charge in [0.2, 0.25) is 5.88 Å². The van der Waals surface area contributed by atoms with E-state index in [9.17, 15) is 9.90 Å². The molecule has 0 spiro atoms. The van der Waals surface area contributed by atoms with Crippen molar-refractivity contribution in [2.45, 2.75) is 13.0 Å². The monoisotopic (exact) mass is 220 g/mol. The summed E-state index contributed by atoms with van der Waals surface area (Å²) in [7, 11) is 0. The fourth-order valence-electron chi connectivity index (χ4n) is 1.51. The fraction of sp³-hybridized carbons (Fsp3) is 0.182. The Morgan fingerprint density at radius 1 is 1.06 bits per heavy atom. The van der Waals surface area contributed by atoms with Crippen molar-refractivity contribution in [1.29, 1.82) is 0 Å². The number of hydrogen-bond acceptors (Lipinski definition) is 3. The van der Waals surface area contributed by atoms with Gasteiger partial charge in [0, 0.05) is 6.42 Å². The van der Waals surface area contributed by atoms with Crippen LogP contribution in [0.3, 0.4) is 0 Å². The molecule has 0 atom stereocenters. The lowest BCUT2D eigenvalue weighted by atomic mass is 10.1. The van der Waals surface area contributed by atoms with Gasteiger partial charge in [-0.2, -0.15) is 0 Å². The molecule has 1 aromatic heterocycles. The second-order valence-corrected chi connectivity index (χ2v) is 3.56. The molecule has 0 saturated heterocycles. The molecule has 5 heteroatoms. The molecule has 0 aliphatic carbocycles. The Morgan fingerprint density at radius 3 is 2.19 bits per heavy atom. The molecule has 1 aromatic carbocycles. The molecule has 0 unspecified atom stereocenters. The Hall–Kier alpha value is -2.01. The van der Waals surface area contributed by atoms with Crippen LogP contribution >= 0.6 is 0 Å². The van der Waals surface area contributed by atoms with E-state index in [4.69, 9.17) is 5.11 Å². The minimum Gasteiger partial charge on any atom is -0.493 e. The van der Waals surface area contributed by atoms with Gasteiger partial charge in [-0.15, -0.1) is 0 Å². The number of aromatic amines is 2. The van der Waals surface area contributed by atoms with Crippen LogP contribution in [0, 0.1) is 0 Å². The fourth-order valence-corrected chi connectivity index (χ4v) is 1.51. The Bertz CT molecular complexity index is 525. The summed E-state index contributed by atoms with van der Waals surface area (Å²) in [6, 6.07) is 7.29. The zero-order valence-corrected chi connectivity index (χ0v) is 8.53. The van der Waals surface area contributed by atoms with Gasteiger partial charge in [-0.05, 0) is 11.1 Å². The largest absolute Gasteiger partial charge is 0.493 e. The molecular formula is C11H12N2O3. The second-order valence-electron chi connectivity index (χ2n) is 3.56. The highest BCUT2D eigenvalue weighted by Gasteiger charge is 2.06. The summed E-state index contributed by atoms with van der Waals surface area (Å²) in [5, 5.41) is 18.2. The Morgan fingerprint density at radius 2 is 1.69 bits per heavy atom. The number of aliphatic hydroxyl groups excluding tert-OH is 1. The topological polar surface area (TPSA) is 89.1 Å². The third kappa shape index (κ3) is 2.14. The number of benzene rings is 1. The van der Waals surface area contributed by atoms with Crippen molar-refractivity contribution in [3.8, 4) is 5.88 Å². The number of H-pyrrole nitrogens is 2. The third-order valence-electron chi connectivity index (χ3n) is 2.37. The van der Waals surface area contributed by atoms with E-state index in [1.807, 2.05) is 12.1 Å². The van der Waals surface area contributed by atoms with E-state index < -0.39 is 5.69 Å². The molecule has 0 saturated carbocycles. The highest BCUT2D eigenvalue weighted by Crippen LogP contribution is 2.14. The minimum absolute atomic E-state index is 0.00647. The van der Waals surface area contributed by atoms with Gasteiger partial charge in [0.1, 0.15) is 0 Å². The molecular weight excluding hydrogens is 208 g/mol. The van der Waals surface area contributed by atoms with Crippen LogP contribution in [-0.2, 0) is 13.0 Å². The summed E-state index contributed by atoms with van der Waals surface area (Å²) in [5.74, 6) is -0.128. The summed E-state index contributed by atoms with van der Waals surface area (Å²) in [6.07, 6.45) is 0.441. The van der Waals surface area contributed by atoms with Crippen LogP contribution in [0.5, 0.6) is 5.88 Å². The van der Waals surface area contributed by atoms with E-state index in [0.29, 0.717) is 12.1 Å². The van der Waals surface area contributed by atoms with Gasteiger partial charge in [-0.3, -0.25) is 4.98 Å². The average molecular weight is 220 g/mol. The molecule has 0 amide bonds. The van der Waals surface area contributed by atoms with Crippen molar-refractivity contribution in [3.63, 3.8) is 0 Å². The van der Waals surface area contributed by atoms with Gasteiger partial charge >= 0.3 is 5.69 Å². The number of hydrogen-bond donors (Lipinski definition) is 4. The molecule has 1 heterocycles. The molecule has 2 aromatic rings. The lowest BCUT2D eigenvalue weighted by molar-refractivity contribution is 0.282. The van der Waals surface area contributed by atoms with E-state index >= 15 is 0 Å². The Balaban J connectivity index is 2.20. The van der Waals surface area contributed by atoms with Crippen LogP contribution in [0.25, 0.3) is 0 Å². The summed E-state index contributed by atoms with van der Waals surface area (Å²) >= 11 is 0. The molecule has 0 aliphatic rings. The van der Waals surface area contributed by atoms with Crippen molar-refractivity contribution in [3.05, 3.63) is 51.6 Å². The van der Waals surface area contributed by atoms with E-state index in [-0.39, 0.29) is 12.5 Å². The SMILES string of the molecule is O=c1[nH]c(O)c(Cc2ccc(CO)cc2)[nH]1. The molecule has 0 radical (unpaired) electrons. The maximum atomic E-state index is 10.9. The number of nitrogens with one attached hydrogen (secondary N) is 2. The first kappa shape index (κ1) is 10.5. The number of imidazole rings is 1. The van der Waals surface area contributed by atoms with Crippen LogP contribution in [-0.4, -0.2) is 20.2 Å². The Labute approximate surface area is 91.4 Å². The molecule has 0 fully saturated rings. The van der Waals surface area contributed by atoms with E-state index in [0.717, 1.165) is 11.1 Å². The van der Waals surface area contributed by atoms with Crippen LogP contribution < -0.4 is 5.69 Å². The molecule has 4 N–H and O–H groups in total. The van der Waals surface area contributed by atoms with Crippen molar-refractivity contribution >= 4 is 0 Å². The van der Waals surface area contributed by atoms with Gasteiger partial charge in [0.05, 0.1) is 12.3 Å². The van der Waals surface area contributed by atoms with Crippen molar-refractivity contribution < 1.29 is 10.2 Å². The molecule has 84 valence electrons. The third-order valence-corrected chi connectivity index (χ3v) is 2.37. The van der Waals surface area contributed by atoms with Gasteiger partial charge in [0.25, 0.3) is 0 Å². The van der Waals surface area contributed by atoms with Crippen LogP contribution in [0.15, 0.2) is 29.1 Å². The maximum Gasteiger partial charge on any atom is 0.325 e. The van der Waals surface area contributed by atoms with Crippen molar-refractivity contribution in [2.24, 2.45) is 0 Å².